The number of non-ortho nitro benzene ring substituents is 1. The molecular weight excluding hydrogens is 290 g/mol. The van der Waals surface area contributed by atoms with Gasteiger partial charge in [-0.25, -0.2) is 13.1 Å². The standard InChI is InChI=1S/C10H13N3O6S/c1-2-3-6-11-20(18,19)10-5-4-8(12(14)15)7-9(10)13(16)17/h4-5,7,11H,2-3,6H2,1H3. The molecule has 110 valence electrons. The molecule has 0 unspecified atom stereocenters. The number of unbranched alkanes of at least 4 members (excludes halogenated alkanes) is 1. The van der Waals surface area contributed by atoms with Crippen LogP contribution < -0.4 is 4.72 Å². The zero-order chi connectivity index (χ0) is 15.3. The van der Waals surface area contributed by atoms with Gasteiger partial charge in [-0.05, 0) is 12.5 Å². The molecule has 1 aromatic rings. The summed E-state index contributed by atoms with van der Waals surface area (Å²) >= 11 is 0. The first-order valence-electron chi connectivity index (χ1n) is 5.72. The van der Waals surface area contributed by atoms with Gasteiger partial charge in [0.15, 0.2) is 4.90 Å². The van der Waals surface area contributed by atoms with Crippen molar-refractivity contribution >= 4 is 21.4 Å². The fourth-order valence-corrected chi connectivity index (χ4v) is 2.67. The molecule has 0 spiro atoms. The van der Waals surface area contributed by atoms with Gasteiger partial charge >= 0.3 is 0 Å². The van der Waals surface area contributed by atoms with Gasteiger partial charge in [0.05, 0.1) is 15.9 Å². The van der Waals surface area contributed by atoms with Gasteiger partial charge in [0.2, 0.25) is 10.0 Å². The number of nitro benzene ring substituents is 2. The summed E-state index contributed by atoms with van der Waals surface area (Å²) in [7, 11) is -4.06. The molecule has 0 saturated heterocycles. The SMILES string of the molecule is CCCCNS(=O)(=O)c1ccc([N+](=O)[O-])cc1[N+](=O)[O-]. The van der Waals surface area contributed by atoms with Gasteiger partial charge in [0.1, 0.15) is 0 Å². The maximum Gasteiger partial charge on any atom is 0.296 e. The van der Waals surface area contributed by atoms with Crippen LogP contribution in [0.2, 0.25) is 0 Å². The van der Waals surface area contributed by atoms with Crippen LogP contribution in [0.1, 0.15) is 19.8 Å². The quantitative estimate of drug-likeness (QED) is 0.462. The highest BCUT2D eigenvalue weighted by Gasteiger charge is 2.28. The molecule has 0 aliphatic heterocycles. The first-order chi connectivity index (χ1) is 9.29. The summed E-state index contributed by atoms with van der Waals surface area (Å²) in [6.45, 7) is 2.01. The summed E-state index contributed by atoms with van der Waals surface area (Å²) < 4.78 is 26.1. The number of hydrogen-bond donors (Lipinski definition) is 1. The molecule has 1 N–H and O–H groups in total. The van der Waals surface area contributed by atoms with Crippen molar-refractivity contribution in [1.82, 2.24) is 4.72 Å². The third kappa shape index (κ3) is 3.71. The van der Waals surface area contributed by atoms with Gasteiger partial charge in [-0.1, -0.05) is 13.3 Å². The monoisotopic (exact) mass is 303 g/mol. The summed E-state index contributed by atoms with van der Waals surface area (Å²) in [4.78, 5) is 19.1. The minimum absolute atomic E-state index is 0.146. The van der Waals surface area contributed by atoms with E-state index in [4.69, 9.17) is 0 Å². The Hall–Kier alpha value is -2.07. The lowest BCUT2D eigenvalue weighted by Crippen LogP contribution is -2.25. The normalized spacial score (nSPS) is 11.2. The Kier molecular flexibility index (Phi) is 5.11. The van der Waals surface area contributed by atoms with E-state index in [0.29, 0.717) is 12.5 Å². The zero-order valence-electron chi connectivity index (χ0n) is 10.6. The minimum atomic E-state index is -4.06. The van der Waals surface area contributed by atoms with E-state index in [2.05, 4.69) is 4.72 Å². The Morgan fingerprint density at radius 3 is 2.35 bits per heavy atom. The maximum absolute atomic E-state index is 11.9. The fraction of sp³-hybridized carbons (Fsp3) is 0.400. The van der Waals surface area contributed by atoms with Gasteiger partial charge in [-0.3, -0.25) is 20.2 Å². The van der Waals surface area contributed by atoms with Crippen LogP contribution in [-0.4, -0.2) is 24.8 Å². The lowest BCUT2D eigenvalue weighted by Gasteiger charge is -2.06. The van der Waals surface area contributed by atoms with E-state index in [9.17, 15) is 28.6 Å². The molecule has 9 nitrogen and oxygen atoms in total. The van der Waals surface area contributed by atoms with Crippen LogP contribution in [0.3, 0.4) is 0 Å². The van der Waals surface area contributed by atoms with Gasteiger partial charge < -0.3 is 0 Å². The number of sulfonamides is 1. The zero-order valence-corrected chi connectivity index (χ0v) is 11.4. The van der Waals surface area contributed by atoms with Crippen molar-refractivity contribution in [3.8, 4) is 0 Å². The molecule has 0 aliphatic rings. The van der Waals surface area contributed by atoms with Crippen molar-refractivity contribution in [1.29, 1.82) is 0 Å². The van der Waals surface area contributed by atoms with E-state index in [1.54, 1.807) is 0 Å². The van der Waals surface area contributed by atoms with Crippen molar-refractivity contribution in [3.05, 3.63) is 38.4 Å². The van der Waals surface area contributed by atoms with E-state index >= 15 is 0 Å². The Balaban J connectivity index is 3.23. The van der Waals surface area contributed by atoms with Crippen LogP contribution in [-0.2, 0) is 10.0 Å². The summed E-state index contributed by atoms with van der Waals surface area (Å²) in [5, 5.41) is 21.4. The average molecular weight is 303 g/mol. The second kappa shape index (κ2) is 6.39. The lowest BCUT2D eigenvalue weighted by molar-refractivity contribution is -0.396. The lowest BCUT2D eigenvalue weighted by atomic mass is 10.3. The van der Waals surface area contributed by atoms with E-state index in [0.717, 1.165) is 18.6 Å². The highest BCUT2D eigenvalue weighted by atomic mass is 32.2. The molecule has 1 aromatic carbocycles. The second-order valence-corrected chi connectivity index (χ2v) is 5.65. The van der Waals surface area contributed by atoms with E-state index in [-0.39, 0.29) is 6.54 Å². The molecule has 0 aliphatic carbocycles. The highest BCUT2D eigenvalue weighted by molar-refractivity contribution is 7.89. The number of nitrogens with one attached hydrogen (secondary N) is 1. The molecule has 0 saturated carbocycles. The third-order valence-corrected chi connectivity index (χ3v) is 3.97. The first kappa shape index (κ1) is 16.0. The molecule has 0 atom stereocenters. The summed E-state index contributed by atoms with van der Waals surface area (Å²) in [5.74, 6) is 0. The Bertz CT molecular complexity index is 628. The predicted octanol–water partition coefficient (Wildman–Crippen LogP) is 1.58. The minimum Gasteiger partial charge on any atom is -0.258 e. The van der Waals surface area contributed by atoms with Crippen LogP contribution in [0.15, 0.2) is 23.1 Å². The van der Waals surface area contributed by atoms with Crippen LogP contribution >= 0.6 is 0 Å². The first-order valence-corrected chi connectivity index (χ1v) is 7.20. The smallest absolute Gasteiger partial charge is 0.258 e. The van der Waals surface area contributed by atoms with Crippen molar-refractivity contribution in [2.75, 3.05) is 6.54 Å². The predicted molar refractivity (Wildman–Crippen MR) is 69.8 cm³/mol. The van der Waals surface area contributed by atoms with Gasteiger partial charge in [0.25, 0.3) is 11.4 Å². The average Bonchev–Trinajstić information content (AvgIpc) is 2.38. The molecule has 1 rings (SSSR count). The second-order valence-electron chi connectivity index (χ2n) is 3.92. The molecule has 0 aromatic heterocycles. The largest absolute Gasteiger partial charge is 0.296 e. The number of rotatable bonds is 7. The van der Waals surface area contributed by atoms with Crippen molar-refractivity contribution < 1.29 is 18.3 Å². The van der Waals surface area contributed by atoms with Crippen LogP contribution in [0.25, 0.3) is 0 Å². The molecule has 0 radical (unpaired) electrons. The summed E-state index contributed by atoms with van der Waals surface area (Å²) in [5.41, 5.74) is -1.35. The van der Waals surface area contributed by atoms with Crippen LogP contribution in [0, 0.1) is 20.2 Å². The Labute approximate surface area is 115 Å². The molecule has 20 heavy (non-hydrogen) atoms. The van der Waals surface area contributed by atoms with E-state index < -0.39 is 36.1 Å². The summed E-state index contributed by atoms with van der Waals surface area (Å²) in [6, 6.07) is 2.42. The third-order valence-electron chi connectivity index (χ3n) is 2.46. The number of nitro groups is 2. The molecule has 0 bridgehead atoms. The maximum atomic E-state index is 11.9. The van der Waals surface area contributed by atoms with Crippen molar-refractivity contribution in [2.24, 2.45) is 0 Å². The summed E-state index contributed by atoms with van der Waals surface area (Å²) in [6.07, 6.45) is 1.34. The van der Waals surface area contributed by atoms with E-state index in [1.807, 2.05) is 6.92 Å². The molecular formula is C10H13N3O6S. The topological polar surface area (TPSA) is 132 Å². The van der Waals surface area contributed by atoms with E-state index in [1.165, 1.54) is 0 Å². The number of hydrogen-bond acceptors (Lipinski definition) is 6. The van der Waals surface area contributed by atoms with Gasteiger partial charge in [-0.2, -0.15) is 0 Å². The number of nitrogens with zero attached hydrogens (tertiary/aromatic N) is 2. The molecule has 10 heteroatoms. The highest BCUT2D eigenvalue weighted by Crippen LogP contribution is 2.28. The molecule has 0 heterocycles. The van der Waals surface area contributed by atoms with Crippen LogP contribution in [0.5, 0.6) is 0 Å². The Morgan fingerprint density at radius 1 is 1.20 bits per heavy atom. The van der Waals surface area contributed by atoms with Crippen LogP contribution in [0.4, 0.5) is 11.4 Å². The van der Waals surface area contributed by atoms with Gasteiger partial charge in [-0.15, -0.1) is 0 Å². The Morgan fingerprint density at radius 2 is 1.85 bits per heavy atom. The number of benzene rings is 1. The molecule has 0 amide bonds. The van der Waals surface area contributed by atoms with Crippen molar-refractivity contribution in [2.45, 2.75) is 24.7 Å². The fourth-order valence-electron chi connectivity index (χ4n) is 1.45. The molecule has 0 fully saturated rings. The van der Waals surface area contributed by atoms with Gasteiger partial charge in [0, 0.05) is 12.6 Å². The van der Waals surface area contributed by atoms with Crippen molar-refractivity contribution in [3.63, 3.8) is 0 Å².